The van der Waals surface area contributed by atoms with E-state index in [9.17, 15) is 8.42 Å². The maximum atomic E-state index is 12.5. The molecular weight excluding hydrogens is 348 g/mol. The van der Waals surface area contributed by atoms with Gasteiger partial charge in [-0.2, -0.15) is 4.98 Å². The summed E-state index contributed by atoms with van der Waals surface area (Å²) in [7, 11) is -3.54. The number of hydrogen-bond donors (Lipinski definition) is 0. The summed E-state index contributed by atoms with van der Waals surface area (Å²) in [5.74, 6) is 1.08. The number of fused-ring (bicyclic) bond motifs is 1. The summed E-state index contributed by atoms with van der Waals surface area (Å²) in [6.07, 6.45) is 1.47. The second kappa shape index (κ2) is 6.25. The quantitative estimate of drug-likeness (QED) is 0.680. The summed E-state index contributed by atoms with van der Waals surface area (Å²) in [6.45, 7) is 0.834. The monoisotopic (exact) mass is 362 g/mol. The van der Waals surface area contributed by atoms with Gasteiger partial charge in [-0.1, -0.05) is 17.3 Å². The lowest BCUT2D eigenvalue weighted by molar-refractivity contribution is 0.170. The van der Waals surface area contributed by atoms with Gasteiger partial charge in [0.15, 0.2) is 27.1 Å². The first-order valence-corrected chi connectivity index (χ1v) is 9.37. The third kappa shape index (κ3) is 3.36. The number of benzene rings is 1. The molecule has 3 aromatic rings. The largest absolute Gasteiger partial charge is 0.486 e. The van der Waals surface area contributed by atoms with Crippen LogP contribution in [0.25, 0.3) is 11.6 Å². The molecule has 25 heavy (non-hydrogen) atoms. The number of ether oxygens (including phenoxy) is 2. The van der Waals surface area contributed by atoms with Crippen molar-refractivity contribution in [3.63, 3.8) is 0 Å². The Morgan fingerprint density at radius 1 is 1.04 bits per heavy atom. The summed E-state index contributed by atoms with van der Waals surface area (Å²) < 4.78 is 46.2. The normalized spacial score (nSPS) is 13.8. The topological polar surface area (TPSA) is 105 Å². The fourth-order valence-corrected chi connectivity index (χ4v) is 3.84. The number of hydrogen-bond acceptors (Lipinski definition) is 8. The van der Waals surface area contributed by atoms with Gasteiger partial charge in [0, 0.05) is 5.56 Å². The average molecular weight is 362 g/mol. The maximum Gasteiger partial charge on any atom is 0.242 e. The van der Waals surface area contributed by atoms with Gasteiger partial charge in [-0.25, -0.2) is 8.42 Å². The van der Waals surface area contributed by atoms with Crippen LogP contribution in [0.5, 0.6) is 11.5 Å². The van der Waals surface area contributed by atoms with E-state index in [0.29, 0.717) is 36.0 Å². The van der Waals surface area contributed by atoms with E-state index in [1.165, 1.54) is 6.26 Å². The molecule has 2 aromatic heterocycles. The summed E-state index contributed by atoms with van der Waals surface area (Å²) >= 11 is 0. The highest BCUT2D eigenvalue weighted by Gasteiger charge is 2.23. The molecule has 1 aliphatic heterocycles. The van der Waals surface area contributed by atoms with E-state index >= 15 is 0 Å². The van der Waals surface area contributed by atoms with Crippen LogP contribution >= 0.6 is 0 Å². The van der Waals surface area contributed by atoms with Crippen molar-refractivity contribution < 1.29 is 26.8 Å². The summed E-state index contributed by atoms with van der Waals surface area (Å²) in [4.78, 5) is 4.06. The van der Waals surface area contributed by atoms with Crippen LogP contribution in [0.15, 0.2) is 45.5 Å². The highest BCUT2D eigenvalue weighted by Crippen LogP contribution is 2.34. The molecule has 0 fully saturated rings. The third-order valence-corrected chi connectivity index (χ3v) is 5.01. The molecule has 9 heteroatoms. The fraction of sp³-hybridized carbons (Fsp3) is 0.250. The van der Waals surface area contributed by atoms with Crippen molar-refractivity contribution in [2.45, 2.75) is 11.5 Å². The summed E-state index contributed by atoms with van der Waals surface area (Å²) in [5, 5.41) is 3.73. The zero-order valence-electron chi connectivity index (χ0n) is 13.0. The smallest absolute Gasteiger partial charge is 0.242 e. The molecule has 0 N–H and O–H groups in total. The van der Waals surface area contributed by atoms with Crippen LogP contribution in [0.4, 0.5) is 0 Å². The molecule has 1 aliphatic rings. The Balaban J connectivity index is 1.53. The molecule has 8 nitrogen and oxygen atoms in total. The number of para-hydroxylation sites is 1. The predicted molar refractivity (Wildman–Crippen MR) is 85.8 cm³/mol. The van der Waals surface area contributed by atoms with Crippen LogP contribution in [-0.2, 0) is 21.3 Å². The molecule has 0 aliphatic carbocycles. The van der Waals surface area contributed by atoms with Crippen molar-refractivity contribution in [2.24, 2.45) is 0 Å². The van der Waals surface area contributed by atoms with Crippen LogP contribution < -0.4 is 9.47 Å². The van der Waals surface area contributed by atoms with Gasteiger partial charge in [-0.05, 0) is 18.2 Å². The molecule has 130 valence electrons. The molecular formula is C16H14N2O6S. The average Bonchev–Trinajstić information content (AvgIpc) is 3.26. The van der Waals surface area contributed by atoms with E-state index in [0.717, 1.165) is 0 Å². The molecule has 0 atom stereocenters. The van der Waals surface area contributed by atoms with Crippen LogP contribution in [-0.4, -0.2) is 31.8 Å². The van der Waals surface area contributed by atoms with Crippen LogP contribution in [0, 0.1) is 0 Å². The zero-order valence-corrected chi connectivity index (χ0v) is 13.9. The van der Waals surface area contributed by atoms with Crippen LogP contribution in [0.2, 0.25) is 0 Å². The Morgan fingerprint density at radius 2 is 1.92 bits per heavy atom. The van der Waals surface area contributed by atoms with Gasteiger partial charge in [-0.3, -0.25) is 0 Å². The molecule has 0 saturated heterocycles. The van der Waals surface area contributed by atoms with Gasteiger partial charge in [0.2, 0.25) is 11.7 Å². The van der Waals surface area contributed by atoms with Crippen molar-refractivity contribution in [3.8, 4) is 23.1 Å². The maximum absolute atomic E-state index is 12.5. The molecule has 0 amide bonds. The SMILES string of the molecule is O=S(=O)(Cc1nc(-c2ccco2)no1)Cc1cccc2c1OCCO2. The minimum Gasteiger partial charge on any atom is -0.486 e. The number of aromatic nitrogens is 2. The molecule has 0 radical (unpaired) electrons. The first-order chi connectivity index (χ1) is 12.1. The number of nitrogens with zero attached hydrogens (tertiary/aromatic N) is 2. The van der Waals surface area contributed by atoms with E-state index in [2.05, 4.69) is 10.1 Å². The van der Waals surface area contributed by atoms with Crippen molar-refractivity contribution in [3.05, 3.63) is 48.0 Å². The van der Waals surface area contributed by atoms with E-state index in [4.69, 9.17) is 18.4 Å². The minimum atomic E-state index is -3.54. The van der Waals surface area contributed by atoms with Crippen LogP contribution in [0.3, 0.4) is 0 Å². The highest BCUT2D eigenvalue weighted by atomic mass is 32.2. The predicted octanol–water partition coefficient (Wildman–Crippen LogP) is 2.22. The molecule has 0 spiro atoms. The number of furan rings is 1. The van der Waals surface area contributed by atoms with Crippen molar-refractivity contribution in [2.75, 3.05) is 13.2 Å². The van der Waals surface area contributed by atoms with Gasteiger partial charge in [-0.15, -0.1) is 0 Å². The van der Waals surface area contributed by atoms with Gasteiger partial charge >= 0.3 is 0 Å². The Bertz CT molecular complexity index is 978. The molecule has 0 saturated carbocycles. The standard InChI is InChI=1S/C16H14N2O6S/c19-25(20,9-11-3-1-4-12-15(11)23-8-7-22-12)10-14-17-16(18-24-14)13-5-2-6-21-13/h1-6H,7-10H2. The van der Waals surface area contributed by atoms with E-state index in [1.54, 1.807) is 30.3 Å². The Labute approximate surface area is 143 Å². The molecule has 0 bridgehead atoms. The first-order valence-electron chi connectivity index (χ1n) is 7.55. The van der Waals surface area contributed by atoms with Gasteiger partial charge < -0.3 is 18.4 Å². The van der Waals surface area contributed by atoms with Crippen LogP contribution in [0.1, 0.15) is 11.5 Å². The second-order valence-electron chi connectivity index (χ2n) is 5.46. The van der Waals surface area contributed by atoms with Crippen molar-refractivity contribution in [1.82, 2.24) is 10.1 Å². The Morgan fingerprint density at radius 3 is 2.76 bits per heavy atom. The Kier molecular flexibility index (Phi) is 3.92. The first kappa shape index (κ1) is 15.7. The van der Waals surface area contributed by atoms with Gasteiger partial charge in [0.1, 0.15) is 19.0 Å². The molecule has 1 aromatic carbocycles. The highest BCUT2D eigenvalue weighted by molar-refractivity contribution is 7.89. The molecule has 0 unspecified atom stereocenters. The third-order valence-electron chi connectivity index (χ3n) is 3.58. The second-order valence-corrected chi connectivity index (χ2v) is 7.53. The lowest BCUT2D eigenvalue weighted by Crippen LogP contribution is -2.17. The van der Waals surface area contributed by atoms with Gasteiger partial charge in [0.25, 0.3) is 0 Å². The van der Waals surface area contributed by atoms with Crippen molar-refractivity contribution in [1.29, 1.82) is 0 Å². The van der Waals surface area contributed by atoms with Crippen molar-refractivity contribution >= 4 is 9.84 Å². The number of rotatable bonds is 5. The van der Waals surface area contributed by atoms with Gasteiger partial charge in [0.05, 0.1) is 12.0 Å². The molecule has 4 rings (SSSR count). The van der Waals surface area contributed by atoms with E-state index < -0.39 is 9.84 Å². The fourth-order valence-electron chi connectivity index (χ4n) is 2.54. The summed E-state index contributed by atoms with van der Waals surface area (Å²) in [5.41, 5.74) is 0.544. The lowest BCUT2D eigenvalue weighted by Gasteiger charge is -2.20. The van der Waals surface area contributed by atoms with E-state index in [-0.39, 0.29) is 23.2 Å². The summed E-state index contributed by atoms with van der Waals surface area (Å²) in [6, 6.07) is 8.53. The number of sulfone groups is 1. The minimum absolute atomic E-state index is 0.00775. The molecule has 3 heterocycles. The zero-order chi connectivity index (χ0) is 17.3. The Hall–Kier alpha value is -2.81. The van der Waals surface area contributed by atoms with E-state index in [1.807, 2.05) is 0 Å². The lowest BCUT2D eigenvalue weighted by atomic mass is 10.2.